The van der Waals surface area contributed by atoms with Gasteiger partial charge >= 0.3 is 0 Å². The highest BCUT2D eigenvalue weighted by atomic mass is 79.9. The van der Waals surface area contributed by atoms with Crippen LogP contribution in [-0.2, 0) is 4.79 Å². The maximum absolute atomic E-state index is 11.9. The molecule has 0 saturated heterocycles. The number of nitrogens with one attached hydrogen (secondary N) is 1. The zero-order valence-corrected chi connectivity index (χ0v) is 13.0. The van der Waals surface area contributed by atoms with Crippen molar-refractivity contribution in [2.75, 3.05) is 11.9 Å². The number of carbonyl (C=O) groups is 1. The van der Waals surface area contributed by atoms with Crippen LogP contribution in [0.5, 0.6) is 5.75 Å². The molecule has 5 heteroatoms. The Labute approximate surface area is 131 Å². The summed E-state index contributed by atoms with van der Waals surface area (Å²) in [6, 6.07) is 14.4. The number of hydrogen-bond acceptors (Lipinski definition) is 3. The first kappa shape index (κ1) is 15.1. The van der Waals surface area contributed by atoms with Crippen molar-refractivity contribution in [2.24, 2.45) is 0 Å². The van der Waals surface area contributed by atoms with Crippen molar-refractivity contribution in [3.05, 3.63) is 58.1 Å². The maximum Gasteiger partial charge on any atom is 0.262 e. The van der Waals surface area contributed by atoms with Crippen molar-refractivity contribution in [3.8, 4) is 11.8 Å². The molecule has 0 bridgehead atoms. The van der Waals surface area contributed by atoms with Crippen molar-refractivity contribution < 1.29 is 9.53 Å². The summed E-state index contributed by atoms with van der Waals surface area (Å²) in [7, 11) is 0. The number of benzene rings is 2. The smallest absolute Gasteiger partial charge is 0.262 e. The molecule has 2 aromatic rings. The van der Waals surface area contributed by atoms with Gasteiger partial charge in [-0.1, -0.05) is 28.1 Å². The first-order valence-corrected chi connectivity index (χ1v) is 7.07. The topological polar surface area (TPSA) is 62.1 Å². The van der Waals surface area contributed by atoms with E-state index in [1.54, 1.807) is 30.3 Å². The van der Waals surface area contributed by atoms with Crippen LogP contribution in [0.2, 0.25) is 0 Å². The van der Waals surface area contributed by atoms with Crippen LogP contribution in [0, 0.1) is 18.3 Å². The lowest BCUT2D eigenvalue weighted by Gasteiger charge is -2.09. The minimum Gasteiger partial charge on any atom is -0.484 e. The zero-order valence-electron chi connectivity index (χ0n) is 11.4. The molecule has 0 unspecified atom stereocenters. The number of nitrogens with zero attached hydrogens (tertiary/aromatic N) is 1. The Morgan fingerprint density at radius 2 is 2.10 bits per heavy atom. The van der Waals surface area contributed by atoms with Gasteiger partial charge in [0, 0.05) is 4.47 Å². The lowest BCUT2D eigenvalue weighted by Crippen LogP contribution is -2.20. The number of aryl methyl sites for hydroxylation is 1. The minimum absolute atomic E-state index is 0.110. The van der Waals surface area contributed by atoms with E-state index >= 15 is 0 Å². The lowest BCUT2D eigenvalue weighted by atomic mass is 10.2. The predicted octanol–water partition coefficient (Wildman–Crippen LogP) is 3.65. The lowest BCUT2D eigenvalue weighted by molar-refractivity contribution is -0.118. The fourth-order valence-corrected chi connectivity index (χ4v) is 1.98. The number of nitriles is 1. The van der Waals surface area contributed by atoms with E-state index in [2.05, 4.69) is 21.2 Å². The maximum atomic E-state index is 11.9. The van der Waals surface area contributed by atoms with E-state index in [1.165, 1.54) is 0 Å². The van der Waals surface area contributed by atoms with E-state index in [1.807, 2.05) is 25.1 Å². The van der Waals surface area contributed by atoms with E-state index in [4.69, 9.17) is 10.00 Å². The molecule has 0 aliphatic rings. The van der Waals surface area contributed by atoms with Gasteiger partial charge in [0.25, 0.3) is 5.91 Å². The molecule has 0 heterocycles. The zero-order chi connectivity index (χ0) is 15.2. The molecule has 0 spiro atoms. The third-order valence-electron chi connectivity index (χ3n) is 2.82. The number of para-hydroxylation sites is 1. The largest absolute Gasteiger partial charge is 0.484 e. The van der Waals surface area contributed by atoms with Gasteiger partial charge in [-0.25, -0.2) is 0 Å². The molecule has 0 saturated carbocycles. The summed E-state index contributed by atoms with van der Waals surface area (Å²) >= 11 is 3.40. The highest BCUT2D eigenvalue weighted by Crippen LogP contribution is 2.21. The Kier molecular flexibility index (Phi) is 4.96. The second-order valence-electron chi connectivity index (χ2n) is 4.41. The van der Waals surface area contributed by atoms with Crippen molar-refractivity contribution in [1.82, 2.24) is 0 Å². The molecule has 0 radical (unpaired) electrons. The molecule has 0 aliphatic heterocycles. The third-order valence-corrected chi connectivity index (χ3v) is 3.71. The second kappa shape index (κ2) is 6.91. The number of ether oxygens (including phenoxy) is 1. The first-order valence-electron chi connectivity index (χ1n) is 6.28. The van der Waals surface area contributed by atoms with Gasteiger partial charge in [0.05, 0.1) is 11.3 Å². The number of hydrogen-bond donors (Lipinski definition) is 1. The average Bonchev–Trinajstić information content (AvgIpc) is 2.49. The summed E-state index contributed by atoms with van der Waals surface area (Å²) in [6.45, 7) is 1.83. The third kappa shape index (κ3) is 4.07. The normalized spacial score (nSPS) is 9.76. The summed E-state index contributed by atoms with van der Waals surface area (Å²) in [5.41, 5.74) is 1.94. The number of carbonyl (C=O) groups excluding carboxylic acids is 1. The number of amides is 1. The van der Waals surface area contributed by atoms with E-state index in [0.29, 0.717) is 17.0 Å². The van der Waals surface area contributed by atoms with Crippen molar-refractivity contribution in [1.29, 1.82) is 5.26 Å². The van der Waals surface area contributed by atoms with E-state index in [-0.39, 0.29) is 12.5 Å². The molecule has 4 nitrogen and oxygen atoms in total. The van der Waals surface area contributed by atoms with Gasteiger partial charge in [-0.05, 0) is 42.8 Å². The molecule has 106 valence electrons. The van der Waals surface area contributed by atoms with Gasteiger partial charge in [-0.3, -0.25) is 4.79 Å². The van der Waals surface area contributed by atoms with Crippen molar-refractivity contribution in [3.63, 3.8) is 0 Å². The summed E-state index contributed by atoms with van der Waals surface area (Å²) in [5, 5.41) is 11.6. The van der Waals surface area contributed by atoms with Crippen LogP contribution in [-0.4, -0.2) is 12.5 Å². The van der Waals surface area contributed by atoms with Crippen LogP contribution >= 0.6 is 15.9 Å². The Morgan fingerprint density at radius 3 is 2.81 bits per heavy atom. The van der Waals surface area contributed by atoms with Crippen molar-refractivity contribution >= 4 is 27.5 Å². The second-order valence-corrected chi connectivity index (χ2v) is 5.26. The molecular formula is C16H13BrN2O2. The van der Waals surface area contributed by atoms with E-state index in [9.17, 15) is 4.79 Å². The van der Waals surface area contributed by atoms with E-state index in [0.717, 1.165) is 10.0 Å². The standard InChI is InChI=1S/C16H13BrN2O2/c1-11-8-13(6-7-14(11)17)21-10-16(20)19-15-5-3-2-4-12(15)9-18/h2-8H,10H2,1H3,(H,19,20). The van der Waals surface area contributed by atoms with Gasteiger partial charge in [0.2, 0.25) is 0 Å². The van der Waals surface area contributed by atoms with Gasteiger partial charge in [0.15, 0.2) is 6.61 Å². The monoisotopic (exact) mass is 344 g/mol. The molecule has 2 aromatic carbocycles. The minimum atomic E-state index is -0.307. The first-order chi connectivity index (χ1) is 10.1. The summed E-state index contributed by atoms with van der Waals surface area (Å²) in [5.74, 6) is 0.317. The number of rotatable bonds is 4. The Balaban J connectivity index is 1.96. The van der Waals surface area contributed by atoms with Crippen LogP contribution in [0.25, 0.3) is 0 Å². The Morgan fingerprint density at radius 1 is 1.33 bits per heavy atom. The molecule has 2 rings (SSSR count). The number of halogens is 1. The molecule has 21 heavy (non-hydrogen) atoms. The van der Waals surface area contributed by atoms with Crippen LogP contribution in [0.4, 0.5) is 5.69 Å². The van der Waals surface area contributed by atoms with Crippen molar-refractivity contribution in [2.45, 2.75) is 6.92 Å². The van der Waals surface area contributed by atoms with Crippen LogP contribution in [0.3, 0.4) is 0 Å². The molecule has 0 aliphatic carbocycles. The summed E-state index contributed by atoms with van der Waals surface area (Å²) in [6.07, 6.45) is 0. The fourth-order valence-electron chi connectivity index (χ4n) is 1.73. The SMILES string of the molecule is Cc1cc(OCC(=O)Nc2ccccc2C#N)ccc1Br. The fraction of sp³-hybridized carbons (Fsp3) is 0.125. The molecule has 0 aromatic heterocycles. The van der Waals surface area contributed by atoms with Gasteiger partial charge in [0.1, 0.15) is 11.8 Å². The molecule has 1 amide bonds. The van der Waals surface area contributed by atoms with Gasteiger partial charge < -0.3 is 10.1 Å². The predicted molar refractivity (Wildman–Crippen MR) is 84.2 cm³/mol. The number of anilines is 1. The summed E-state index contributed by atoms with van der Waals surface area (Å²) in [4.78, 5) is 11.9. The van der Waals surface area contributed by atoms with Gasteiger partial charge in [-0.2, -0.15) is 5.26 Å². The van der Waals surface area contributed by atoms with Crippen LogP contribution < -0.4 is 10.1 Å². The van der Waals surface area contributed by atoms with E-state index < -0.39 is 0 Å². The van der Waals surface area contributed by atoms with Gasteiger partial charge in [-0.15, -0.1) is 0 Å². The Hall–Kier alpha value is -2.32. The highest BCUT2D eigenvalue weighted by Gasteiger charge is 2.07. The quantitative estimate of drug-likeness (QED) is 0.920. The van der Waals surface area contributed by atoms with Crippen LogP contribution in [0.1, 0.15) is 11.1 Å². The molecule has 1 N–H and O–H groups in total. The Bertz CT molecular complexity index is 708. The molecule has 0 fully saturated rings. The molecule has 0 atom stereocenters. The average molecular weight is 345 g/mol. The highest BCUT2D eigenvalue weighted by molar-refractivity contribution is 9.10. The molecular weight excluding hydrogens is 332 g/mol. The summed E-state index contributed by atoms with van der Waals surface area (Å²) < 4.78 is 6.42. The van der Waals surface area contributed by atoms with Crippen LogP contribution in [0.15, 0.2) is 46.9 Å².